The highest BCUT2D eigenvalue weighted by Crippen LogP contribution is 2.19. The fourth-order valence-corrected chi connectivity index (χ4v) is 4.71. The van der Waals surface area contributed by atoms with Crippen molar-refractivity contribution < 1.29 is 17.7 Å². The van der Waals surface area contributed by atoms with Crippen LogP contribution in [0, 0.1) is 0 Å². The third-order valence-corrected chi connectivity index (χ3v) is 6.16. The molecule has 1 N–H and O–H groups in total. The van der Waals surface area contributed by atoms with Crippen LogP contribution in [0.2, 0.25) is 0 Å². The van der Waals surface area contributed by atoms with Crippen LogP contribution in [0.5, 0.6) is 0 Å². The van der Waals surface area contributed by atoms with Gasteiger partial charge < -0.3 is 9.67 Å². The van der Waals surface area contributed by atoms with Crippen LogP contribution >= 0.6 is 0 Å². The van der Waals surface area contributed by atoms with Crippen LogP contribution in [0.15, 0.2) is 17.2 Å². The van der Waals surface area contributed by atoms with Crippen molar-refractivity contribution in [2.75, 3.05) is 24.6 Å². The number of hydrogen-bond donors (Lipinski definition) is 1. The Balaban J connectivity index is 2.27. The molecule has 2 heterocycles. The molecule has 1 aliphatic heterocycles. The molecular weight excluding hydrogens is 276 g/mol. The Morgan fingerprint density at radius 1 is 1.39 bits per heavy atom. The van der Waals surface area contributed by atoms with Crippen molar-refractivity contribution in [3.63, 3.8) is 0 Å². The minimum absolute atomic E-state index is 0.182. The van der Waals surface area contributed by atoms with Crippen LogP contribution in [0.25, 0.3) is 0 Å². The molecule has 8 heteroatoms. The Bertz CT molecular complexity index is 554. The molecule has 1 saturated heterocycles. The predicted molar refractivity (Wildman–Crippen MR) is 68.0 cm³/mol. The van der Waals surface area contributed by atoms with E-state index >= 15 is 0 Å². The summed E-state index contributed by atoms with van der Waals surface area (Å²) in [6.45, 7) is 0.382. The number of aromatic nitrogens is 1. The van der Waals surface area contributed by atoms with Gasteiger partial charge in [0.2, 0.25) is 10.0 Å². The van der Waals surface area contributed by atoms with Crippen molar-refractivity contribution in [2.24, 2.45) is 7.05 Å². The normalized spacial score (nSPS) is 19.2. The maximum Gasteiger partial charge on any atom is 0.244 e. The zero-order chi connectivity index (χ0) is 13.3. The first kappa shape index (κ1) is 13.7. The van der Waals surface area contributed by atoms with Crippen molar-refractivity contribution >= 4 is 20.8 Å². The van der Waals surface area contributed by atoms with E-state index in [0.29, 0.717) is 17.2 Å². The van der Waals surface area contributed by atoms with E-state index in [2.05, 4.69) is 0 Å². The van der Waals surface area contributed by atoms with Gasteiger partial charge in [-0.3, -0.25) is 4.21 Å². The molecule has 1 aliphatic rings. The molecule has 1 aromatic heterocycles. The quantitative estimate of drug-likeness (QED) is 0.796. The van der Waals surface area contributed by atoms with E-state index in [1.54, 1.807) is 11.6 Å². The largest absolute Gasteiger partial charge is 0.390 e. The van der Waals surface area contributed by atoms with Gasteiger partial charge in [-0.1, -0.05) is 0 Å². The Hall–Kier alpha value is -0.700. The summed E-state index contributed by atoms with van der Waals surface area (Å²) in [5.41, 5.74) is 0.550. The van der Waals surface area contributed by atoms with Crippen LogP contribution < -0.4 is 0 Å². The highest BCUT2D eigenvalue weighted by atomic mass is 32.2. The second-order valence-corrected chi connectivity index (χ2v) is 7.82. The Labute approximate surface area is 109 Å². The number of aryl methyl sites for hydroxylation is 1. The van der Waals surface area contributed by atoms with Gasteiger partial charge in [-0.15, -0.1) is 0 Å². The average molecular weight is 292 g/mol. The molecule has 0 saturated carbocycles. The van der Waals surface area contributed by atoms with Gasteiger partial charge in [0, 0.05) is 54.3 Å². The van der Waals surface area contributed by atoms with Gasteiger partial charge in [-0.2, -0.15) is 4.31 Å². The summed E-state index contributed by atoms with van der Waals surface area (Å²) in [5, 5.41) is 9.07. The molecule has 1 fully saturated rings. The molecular formula is C10H16N2O4S2. The van der Waals surface area contributed by atoms with Crippen LogP contribution in [0.3, 0.4) is 0 Å². The SMILES string of the molecule is Cn1cc(S(=O)(=O)N2CCS(=O)CC2)cc1CO. The van der Waals surface area contributed by atoms with Gasteiger partial charge in [-0.25, -0.2) is 8.42 Å². The van der Waals surface area contributed by atoms with Gasteiger partial charge in [-0.05, 0) is 6.07 Å². The standard InChI is InChI=1S/C10H16N2O4S2/c1-11-7-10(6-9(11)8-13)18(15,16)12-2-4-17(14)5-3-12/h6-7,13H,2-5,8H2,1H3. The second-order valence-electron chi connectivity index (χ2n) is 4.19. The lowest BCUT2D eigenvalue weighted by Crippen LogP contribution is -2.41. The van der Waals surface area contributed by atoms with Crippen LogP contribution in [-0.2, 0) is 34.5 Å². The van der Waals surface area contributed by atoms with E-state index in [-0.39, 0.29) is 24.6 Å². The highest BCUT2D eigenvalue weighted by molar-refractivity contribution is 7.89. The third kappa shape index (κ3) is 2.51. The van der Waals surface area contributed by atoms with E-state index in [1.165, 1.54) is 16.6 Å². The van der Waals surface area contributed by atoms with Gasteiger partial charge >= 0.3 is 0 Å². The van der Waals surface area contributed by atoms with Crippen molar-refractivity contribution in [1.29, 1.82) is 0 Å². The van der Waals surface area contributed by atoms with Crippen molar-refractivity contribution in [1.82, 2.24) is 8.87 Å². The predicted octanol–water partition coefficient (Wildman–Crippen LogP) is -0.730. The number of nitrogens with zero attached hydrogens (tertiary/aromatic N) is 2. The molecule has 0 spiro atoms. The maximum absolute atomic E-state index is 12.3. The summed E-state index contributed by atoms with van der Waals surface area (Å²) in [5.74, 6) is 0.776. The monoisotopic (exact) mass is 292 g/mol. The molecule has 0 aliphatic carbocycles. The molecule has 0 atom stereocenters. The van der Waals surface area contributed by atoms with E-state index in [1.807, 2.05) is 0 Å². The zero-order valence-electron chi connectivity index (χ0n) is 10.1. The molecule has 2 rings (SSSR count). The molecule has 0 bridgehead atoms. The van der Waals surface area contributed by atoms with Crippen molar-refractivity contribution in [3.05, 3.63) is 18.0 Å². The lowest BCUT2D eigenvalue weighted by Gasteiger charge is -2.24. The Morgan fingerprint density at radius 2 is 2.00 bits per heavy atom. The Kier molecular flexibility index (Phi) is 3.90. The van der Waals surface area contributed by atoms with Crippen molar-refractivity contribution in [2.45, 2.75) is 11.5 Å². The first-order valence-corrected chi connectivity index (χ1v) is 8.49. The molecule has 18 heavy (non-hydrogen) atoms. The molecule has 0 radical (unpaired) electrons. The third-order valence-electron chi connectivity index (χ3n) is 3.02. The molecule has 0 aromatic carbocycles. The van der Waals surface area contributed by atoms with E-state index < -0.39 is 20.8 Å². The highest BCUT2D eigenvalue weighted by Gasteiger charge is 2.29. The molecule has 6 nitrogen and oxygen atoms in total. The number of aliphatic hydroxyl groups excluding tert-OH is 1. The minimum Gasteiger partial charge on any atom is -0.390 e. The molecule has 0 unspecified atom stereocenters. The van der Waals surface area contributed by atoms with E-state index in [4.69, 9.17) is 5.11 Å². The fourth-order valence-electron chi connectivity index (χ4n) is 1.89. The van der Waals surface area contributed by atoms with Crippen molar-refractivity contribution in [3.8, 4) is 0 Å². The van der Waals surface area contributed by atoms with Gasteiger partial charge in [0.1, 0.15) is 4.90 Å². The molecule has 102 valence electrons. The van der Waals surface area contributed by atoms with Crippen LogP contribution in [0.4, 0.5) is 0 Å². The van der Waals surface area contributed by atoms with Crippen LogP contribution in [-0.4, -0.2) is 51.2 Å². The number of hydrogen-bond acceptors (Lipinski definition) is 4. The summed E-state index contributed by atoms with van der Waals surface area (Å²) in [4.78, 5) is 0.182. The number of sulfonamides is 1. The smallest absolute Gasteiger partial charge is 0.244 e. The number of aliphatic hydroxyl groups is 1. The second kappa shape index (κ2) is 5.12. The van der Waals surface area contributed by atoms with Gasteiger partial charge in [0.25, 0.3) is 0 Å². The summed E-state index contributed by atoms with van der Waals surface area (Å²) < 4.78 is 38.8. The lowest BCUT2D eigenvalue weighted by atomic mass is 10.5. The first-order chi connectivity index (χ1) is 8.45. The first-order valence-electron chi connectivity index (χ1n) is 5.56. The van der Waals surface area contributed by atoms with Gasteiger partial charge in [0.05, 0.1) is 6.61 Å². The topological polar surface area (TPSA) is 79.6 Å². The van der Waals surface area contributed by atoms with E-state index in [9.17, 15) is 12.6 Å². The zero-order valence-corrected chi connectivity index (χ0v) is 11.7. The average Bonchev–Trinajstić information content (AvgIpc) is 2.72. The summed E-state index contributed by atoms with van der Waals surface area (Å²) in [7, 11) is -2.74. The number of rotatable bonds is 3. The summed E-state index contributed by atoms with van der Waals surface area (Å²) in [6.07, 6.45) is 1.49. The summed E-state index contributed by atoms with van der Waals surface area (Å²) in [6, 6.07) is 1.47. The van der Waals surface area contributed by atoms with Gasteiger partial charge in [0.15, 0.2) is 0 Å². The Morgan fingerprint density at radius 3 is 2.50 bits per heavy atom. The minimum atomic E-state index is -3.53. The van der Waals surface area contributed by atoms with Crippen LogP contribution in [0.1, 0.15) is 5.69 Å². The molecule has 1 aromatic rings. The summed E-state index contributed by atoms with van der Waals surface area (Å²) >= 11 is 0. The lowest BCUT2D eigenvalue weighted by molar-refractivity contribution is 0.272. The molecule has 0 amide bonds. The maximum atomic E-state index is 12.3. The fraction of sp³-hybridized carbons (Fsp3) is 0.600. The van der Waals surface area contributed by atoms with E-state index in [0.717, 1.165) is 0 Å².